The molecule has 168 valence electrons. The highest BCUT2D eigenvalue weighted by molar-refractivity contribution is 7.99. The van der Waals surface area contributed by atoms with Crippen molar-refractivity contribution in [2.75, 3.05) is 18.2 Å². The number of nitrogens with zero attached hydrogens (tertiary/aromatic N) is 3. The average Bonchev–Trinajstić information content (AvgIpc) is 3.25. The molecule has 0 radical (unpaired) electrons. The van der Waals surface area contributed by atoms with Crippen molar-refractivity contribution in [3.63, 3.8) is 0 Å². The molecule has 0 aliphatic heterocycles. The van der Waals surface area contributed by atoms with Gasteiger partial charge in [0.15, 0.2) is 11.0 Å². The number of hydrogen-bond donors (Lipinski definition) is 1. The molecule has 0 saturated carbocycles. The number of anilines is 1. The van der Waals surface area contributed by atoms with Crippen molar-refractivity contribution in [2.24, 2.45) is 0 Å². The number of methoxy groups -OCH3 is 1. The number of thioether (sulfide) groups is 1. The molecule has 0 saturated heterocycles. The van der Waals surface area contributed by atoms with Gasteiger partial charge in [-0.1, -0.05) is 52.6 Å². The standard InChI is InChI=1S/C23H17Cl3N4O2S/c1-32-17-11-9-16(10-12-17)30-22(14-5-7-15(24)8-6-14)28-29-23(30)33-13-20(31)27-19-4-2-3-18(25)21(19)26/h2-12H,13H2,1H3,(H,27,31). The first-order valence-corrected chi connectivity index (χ1v) is 11.8. The highest BCUT2D eigenvalue weighted by Crippen LogP contribution is 2.31. The molecule has 1 heterocycles. The van der Waals surface area contributed by atoms with Gasteiger partial charge >= 0.3 is 0 Å². The van der Waals surface area contributed by atoms with Crippen molar-refractivity contribution in [3.05, 3.63) is 81.8 Å². The lowest BCUT2D eigenvalue weighted by Gasteiger charge is -2.12. The van der Waals surface area contributed by atoms with Crippen LogP contribution in [0.15, 0.2) is 71.9 Å². The lowest BCUT2D eigenvalue weighted by Crippen LogP contribution is -2.15. The Morgan fingerprint density at radius 3 is 2.42 bits per heavy atom. The maximum atomic E-state index is 12.6. The van der Waals surface area contributed by atoms with Crippen LogP contribution < -0.4 is 10.1 Å². The van der Waals surface area contributed by atoms with Crippen LogP contribution in [0.25, 0.3) is 17.1 Å². The summed E-state index contributed by atoms with van der Waals surface area (Å²) in [6, 6.07) is 19.9. The van der Waals surface area contributed by atoms with E-state index in [-0.39, 0.29) is 11.7 Å². The Hall–Kier alpha value is -2.71. The zero-order chi connectivity index (χ0) is 23.4. The summed E-state index contributed by atoms with van der Waals surface area (Å²) in [6.45, 7) is 0. The van der Waals surface area contributed by atoms with Gasteiger partial charge in [-0.05, 0) is 60.7 Å². The Morgan fingerprint density at radius 2 is 1.73 bits per heavy atom. The van der Waals surface area contributed by atoms with Gasteiger partial charge in [-0.25, -0.2) is 0 Å². The predicted molar refractivity (Wildman–Crippen MR) is 134 cm³/mol. The first kappa shape index (κ1) is 23.4. The molecule has 3 aromatic carbocycles. The summed E-state index contributed by atoms with van der Waals surface area (Å²) >= 11 is 19.5. The fraction of sp³-hybridized carbons (Fsp3) is 0.0870. The van der Waals surface area contributed by atoms with E-state index in [9.17, 15) is 4.79 Å². The fourth-order valence-electron chi connectivity index (χ4n) is 3.03. The Morgan fingerprint density at radius 1 is 1.00 bits per heavy atom. The minimum Gasteiger partial charge on any atom is -0.497 e. The smallest absolute Gasteiger partial charge is 0.234 e. The van der Waals surface area contributed by atoms with Crippen LogP contribution in [-0.4, -0.2) is 33.5 Å². The Kier molecular flexibility index (Phi) is 7.45. The molecule has 4 rings (SSSR count). The highest BCUT2D eigenvalue weighted by atomic mass is 35.5. The quantitative estimate of drug-likeness (QED) is 0.277. The Balaban J connectivity index is 1.61. The minimum atomic E-state index is -0.249. The van der Waals surface area contributed by atoms with Crippen molar-refractivity contribution in [1.29, 1.82) is 0 Å². The van der Waals surface area contributed by atoms with Crippen LogP contribution in [0.2, 0.25) is 15.1 Å². The van der Waals surface area contributed by atoms with Gasteiger partial charge < -0.3 is 10.1 Å². The molecule has 0 spiro atoms. The van der Waals surface area contributed by atoms with E-state index in [0.29, 0.717) is 31.7 Å². The molecular formula is C23H17Cl3N4O2S. The monoisotopic (exact) mass is 518 g/mol. The van der Waals surface area contributed by atoms with E-state index in [2.05, 4.69) is 15.5 Å². The van der Waals surface area contributed by atoms with E-state index in [1.54, 1.807) is 37.4 Å². The average molecular weight is 520 g/mol. The second-order valence-corrected chi connectivity index (χ2v) is 8.95. The molecule has 1 aromatic heterocycles. The van der Waals surface area contributed by atoms with Crippen molar-refractivity contribution in [2.45, 2.75) is 5.16 Å². The molecule has 4 aromatic rings. The number of nitrogens with one attached hydrogen (secondary N) is 1. The summed E-state index contributed by atoms with van der Waals surface area (Å²) < 4.78 is 7.15. The number of carbonyl (C=O) groups is 1. The molecule has 33 heavy (non-hydrogen) atoms. The largest absolute Gasteiger partial charge is 0.497 e. The van der Waals surface area contributed by atoms with Crippen molar-refractivity contribution >= 4 is 58.2 Å². The van der Waals surface area contributed by atoms with Crippen LogP contribution in [-0.2, 0) is 4.79 Å². The number of ether oxygens (including phenoxy) is 1. The third kappa shape index (κ3) is 5.45. The molecule has 0 aliphatic rings. The molecule has 1 N–H and O–H groups in total. The van der Waals surface area contributed by atoms with Gasteiger partial charge in [-0.3, -0.25) is 9.36 Å². The van der Waals surface area contributed by atoms with Crippen LogP contribution in [0.1, 0.15) is 0 Å². The van der Waals surface area contributed by atoms with Gasteiger partial charge in [0.1, 0.15) is 5.75 Å². The predicted octanol–water partition coefficient (Wildman–Crippen LogP) is 6.63. The van der Waals surface area contributed by atoms with Crippen LogP contribution in [0.5, 0.6) is 5.75 Å². The zero-order valence-corrected chi connectivity index (χ0v) is 20.3. The zero-order valence-electron chi connectivity index (χ0n) is 17.3. The number of hydrogen-bond acceptors (Lipinski definition) is 5. The number of benzene rings is 3. The summed E-state index contributed by atoms with van der Waals surface area (Å²) in [5, 5.41) is 13.3. The number of aromatic nitrogens is 3. The molecule has 0 bridgehead atoms. The van der Waals surface area contributed by atoms with Crippen molar-refractivity contribution < 1.29 is 9.53 Å². The summed E-state index contributed by atoms with van der Waals surface area (Å²) in [6.07, 6.45) is 0. The first-order chi connectivity index (χ1) is 16.0. The van der Waals surface area contributed by atoms with Gasteiger partial charge in [0.25, 0.3) is 0 Å². The highest BCUT2D eigenvalue weighted by Gasteiger charge is 2.18. The first-order valence-electron chi connectivity index (χ1n) is 9.68. The van der Waals surface area contributed by atoms with E-state index in [4.69, 9.17) is 39.5 Å². The van der Waals surface area contributed by atoms with E-state index >= 15 is 0 Å². The number of carbonyl (C=O) groups excluding carboxylic acids is 1. The molecule has 0 aliphatic carbocycles. The van der Waals surface area contributed by atoms with E-state index in [0.717, 1.165) is 17.0 Å². The van der Waals surface area contributed by atoms with Gasteiger partial charge in [-0.2, -0.15) is 0 Å². The Bertz CT molecular complexity index is 1280. The Labute approximate surface area is 209 Å². The third-order valence-electron chi connectivity index (χ3n) is 4.62. The molecule has 6 nitrogen and oxygen atoms in total. The molecule has 10 heteroatoms. The minimum absolute atomic E-state index is 0.0950. The van der Waals surface area contributed by atoms with Crippen LogP contribution in [0.3, 0.4) is 0 Å². The fourth-order valence-corrected chi connectivity index (χ4v) is 4.26. The van der Waals surface area contributed by atoms with Gasteiger partial charge in [0.2, 0.25) is 5.91 Å². The molecule has 0 atom stereocenters. The second kappa shape index (κ2) is 10.5. The van der Waals surface area contributed by atoms with Crippen molar-refractivity contribution in [3.8, 4) is 22.8 Å². The molecule has 1 amide bonds. The van der Waals surface area contributed by atoms with E-state index < -0.39 is 0 Å². The topological polar surface area (TPSA) is 69.0 Å². The maximum Gasteiger partial charge on any atom is 0.234 e. The molecule has 0 unspecified atom stereocenters. The number of rotatable bonds is 7. The molecule has 0 fully saturated rings. The van der Waals surface area contributed by atoms with E-state index in [1.807, 2.05) is 41.0 Å². The number of amides is 1. The lowest BCUT2D eigenvalue weighted by atomic mass is 10.2. The van der Waals surface area contributed by atoms with Gasteiger partial charge in [0.05, 0.1) is 28.6 Å². The maximum absolute atomic E-state index is 12.6. The second-order valence-electron chi connectivity index (χ2n) is 6.78. The van der Waals surface area contributed by atoms with Gasteiger partial charge in [0, 0.05) is 16.3 Å². The van der Waals surface area contributed by atoms with Crippen LogP contribution >= 0.6 is 46.6 Å². The van der Waals surface area contributed by atoms with E-state index in [1.165, 1.54) is 11.8 Å². The summed E-state index contributed by atoms with van der Waals surface area (Å²) in [5.41, 5.74) is 2.12. The van der Waals surface area contributed by atoms with Crippen LogP contribution in [0, 0.1) is 0 Å². The normalized spacial score (nSPS) is 10.8. The third-order valence-corrected chi connectivity index (χ3v) is 6.62. The number of halogens is 3. The summed E-state index contributed by atoms with van der Waals surface area (Å²) in [5.74, 6) is 1.20. The lowest BCUT2D eigenvalue weighted by molar-refractivity contribution is -0.113. The summed E-state index contributed by atoms with van der Waals surface area (Å²) in [4.78, 5) is 12.6. The van der Waals surface area contributed by atoms with Crippen molar-refractivity contribution in [1.82, 2.24) is 14.8 Å². The summed E-state index contributed by atoms with van der Waals surface area (Å²) in [7, 11) is 1.61. The van der Waals surface area contributed by atoms with Gasteiger partial charge in [-0.15, -0.1) is 10.2 Å². The SMILES string of the molecule is COc1ccc(-n2c(SCC(=O)Nc3cccc(Cl)c3Cl)nnc2-c2ccc(Cl)cc2)cc1. The van der Waals surface area contributed by atoms with Crippen LogP contribution in [0.4, 0.5) is 5.69 Å². The molecular weight excluding hydrogens is 503 g/mol.